The van der Waals surface area contributed by atoms with Crippen molar-refractivity contribution in [3.05, 3.63) is 52.9 Å². The van der Waals surface area contributed by atoms with Crippen LogP contribution in [0.5, 0.6) is 0 Å². The Kier molecular flexibility index (Phi) is 4.31. The molecule has 148 valence electrons. The van der Waals surface area contributed by atoms with Crippen molar-refractivity contribution in [3.8, 4) is 0 Å². The van der Waals surface area contributed by atoms with E-state index in [1.165, 1.54) is 17.5 Å². The summed E-state index contributed by atoms with van der Waals surface area (Å²) in [6.07, 6.45) is 6.05. The van der Waals surface area contributed by atoms with Crippen LogP contribution < -0.4 is 5.32 Å². The molecule has 5 heteroatoms. The number of aryl methyl sites for hydroxylation is 1. The molecule has 3 aliphatic rings. The zero-order valence-corrected chi connectivity index (χ0v) is 16.8. The zero-order valence-electron chi connectivity index (χ0n) is 16.8. The molecule has 0 spiro atoms. The molecule has 2 aromatic rings. The quantitative estimate of drug-likeness (QED) is 0.865. The predicted octanol–water partition coefficient (Wildman–Crippen LogP) is 3.40. The van der Waals surface area contributed by atoms with Crippen molar-refractivity contribution >= 4 is 5.91 Å². The van der Waals surface area contributed by atoms with Crippen molar-refractivity contribution in [1.82, 2.24) is 15.4 Å². The monoisotopic (exact) mass is 379 g/mol. The lowest BCUT2D eigenvalue weighted by Gasteiger charge is -2.36. The Morgan fingerprint density at radius 3 is 2.68 bits per heavy atom. The average Bonchev–Trinajstić information content (AvgIpc) is 3.45. The van der Waals surface area contributed by atoms with Crippen molar-refractivity contribution in [1.29, 1.82) is 0 Å². The molecule has 3 heterocycles. The number of rotatable bonds is 5. The van der Waals surface area contributed by atoms with Gasteiger partial charge in [-0.05, 0) is 56.6 Å². The molecule has 0 unspecified atom stereocenters. The van der Waals surface area contributed by atoms with Crippen LogP contribution in [0.3, 0.4) is 0 Å². The molecule has 1 amide bonds. The molecule has 1 aliphatic carbocycles. The first-order valence-electron chi connectivity index (χ1n) is 10.6. The standard InChI is InChI=1S/C23H29N3O2/c1-3-23(22(27)24-18-11-16-6-4-5-7-17(16)12-18)13-19-8-9-21(23)26(19)14-20-10-15(2)25-28-20/h4-7,10,18-19,21H,3,8-9,11-14H2,1-2H3,(H,24,27)/t19-,21+,23+/m0/s1. The van der Waals surface area contributed by atoms with Gasteiger partial charge in [0, 0.05) is 24.2 Å². The Morgan fingerprint density at radius 2 is 2.04 bits per heavy atom. The Labute approximate surface area is 166 Å². The maximum absolute atomic E-state index is 13.5. The summed E-state index contributed by atoms with van der Waals surface area (Å²) in [5.41, 5.74) is 3.41. The maximum Gasteiger partial charge on any atom is 0.228 e. The normalized spacial score (nSPS) is 29.4. The average molecular weight is 380 g/mol. The first-order chi connectivity index (χ1) is 13.6. The van der Waals surface area contributed by atoms with Gasteiger partial charge in [0.2, 0.25) is 5.91 Å². The molecule has 2 aliphatic heterocycles. The van der Waals surface area contributed by atoms with E-state index < -0.39 is 0 Å². The molecule has 2 saturated heterocycles. The van der Waals surface area contributed by atoms with Crippen LogP contribution in [0.25, 0.3) is 0 Å². The summed E-state index contributed by atoms with van der Waals surface area (Å²) in [5, 5.41) is 7.46. The lowest BCUT2D eigenvalue weighted by atomic mass is 9.71. The molecule has 1 aromatic carbocycles. The molecular formula is C23H29N3O2. The van der Waals surface area contributed by atoms with E-state index in [2.05, 4.69) is 46.6 Å². The van der Waals surface area contributed by atoms with Gasteiger partial charge in [0.05, 0.1) is 17.7 Å². The number of fused-ring (bicyclic) bond motifs is 3. The minimum Gasteiger partial charge on any atom is -0.360 e. The first kappa shape index (κ1) is 17.9. The van der Waals surface area contributed by atoms with Crippen LogP contribution in [0, 0.1) is 12.3 Å². The predicted molar refractivity (Wildman–Crippen MR) is 107 cm³/mol. The molecule has 1 N–H and O–H groups in total. The van der Waals surface area contributed by atoms with Crippen LogP contribution in [0.15, 0.2) is 34.9 Å². The molecular weight excluding hydrogens is 350 g/mol. The molecule has 28 heavy (non-hydrogen) atoms. The number of amides is 1. The number of carbonyl (C=O) groups excluding carboxylic acids is 1. The van der Waals surface area contributed by atoms with Crippen LogP contribution in [0.4, 0.5) is 0 Å². The number of hydrogen-bond acceptors (Lipinski definition) is 4. The van der Waals surface area contributed by atoms with Gasteiger partial charge in [-0.2, -0.15) is 0 Å². The minimum atomic E-state index is -0.271. The zero-order chi connectivity index (χ0) is 19.3. The van der Waals surface area contributed by atoms with Crippen LogP contribution in [0.1, 0.15) is 55.2 Å². The lowest BCUT2D eigenvalue weighted by molar-refractivity contribution is -0.134. The molecule has 2 fully saturated rings. The smallest absolute Gasteiger partial charge is 0.228 e. The van der Waals surface area contributed by atoms with Crippen molar-refractivity contribution in [2.24, 2.45) is 5.41 Å². The second-order valence-electron chi connectivity index (χ2n) is 8.92. The van der Waals surface area contributed by atoms with E-state index in [4.69, 9.17) is 4.52 Å². The van der Waals surface area contributed by atoms with E-state index in [-0.39, 0.29) is 17.4 Å². The highest BCUT2D eigenvalue weighted by Gasteiger charge is 2.59. The largest absolute Gasteiger partial charge is 0.360 e. The summed E-state index contributed by atoms with van der Waals surface area (Å²) >= 11 is 0. The SMILES string of the molecule is CC[C@@]1(C(=O)NC2Cc3ccccc3C2)C[C@@H]2CC[C@H]1N2Cc1cc(C)no1. The summed E-state index contributed by atoms with van der Waals surface area (Å²) in [4.78, 5) is 16.0. The molecule has 5 rings (SSSR count). The number of nitrogens with zero attached hydrogens (tertiary/aromatic N) is 2. The third kappa shape index (κ3) is 2.79. The van der Waals surface area contributed by atoms with E-state index in [0.717, 1.165) is 50.1 Å². The van der Waals surface area contributed by atoms with Crippen molar-refractivity contribution in [2.75, 3.05) is 0 Å². The van der Waals surface area contributed by atoms with E-state index in [0.29, 0.717) is 12.1 Å². The fraction of sp³-hybridized carbons (Fsp3) is 0.565. The van der Waals surface area contributed by atoms with Gasteiger partial charge in [-0.1, -0.05) is 36.3 Å². The first-order valence-corrected chi connectivity index (χ1v) is 10.6. The van der Waals surface area contributed by atoms with E-state index in [1.807, 2.05) is 13.0 Å². The van der Waals surface area contributed by atoms with Gasteiger partial charge in [-0.15, -0.1) is 0 Å². The summed E-state index contributed by atoms with van der Waals surface area (Å²) in [6.45, 7) is 4.90. The van der Waals surface area contributed by atoms with Crippen LogP contribution in [0.2, 0.25) is 0 Å². The number of aromatic nitrogens is 1. The van der Waals surface area contributed by atoms with Gasteiger partial charge in [0.25, 0.3) is 0 Å². The molecule has 5 nitrogen and oxygen atoms in total. The number of carbonyl (C=O) groups is 1. The van der Waals surface area contributed by atoms with Crippen LogP contribution >= 0.6 is 0 Å². The number of hydrogen-bond donors (Lipinski definition) is 1. The second kappa shape index (κ2) is 6.73. The van der Waals surface area contributed by atoms with Crippen molar-refractivity contribution < 1.29 is 9.32 Å². The van der Waals surface area contributed by atoms with Crippen LogP contribution in [-0.2, 0) is 24.2 Å². The van der Waals surface area contributed by atoms with E-state index >= 15 is 0 Å². The second-order valence-corrected chi connectivity index (χ2v) is 8.92. The molecule has 3 atom stereocenters. The van der Waals surface area contributed by atoms with Crippen LogP contribution in [-0.4, -0.2) is 34.1 Å². The number of benzene rings is 1. The van der Waals surface area contributed by atoms with Gasteiger partial charge < -0.3 is 9.84 Å². The highest BCUT2D eigenvalue weighted by atomic mass is 16.5. The highest BCUT2D eigenvalue weighted by molar-refractivity contribution is 5.84. The molecule has 0 radical (unpaired) electrons. The van der Waals surface area contributed by atoms with E-state index in [9.17, 15) is 4.79 Å². The maximum atomic E-state index is 13.5. The Bertz CT molecular complexity index is 866. The Morgan fingerprint density at radius 1 is 1.29 bits per heavy atom. The van der Waals surface area contributed by atoms with E-state index in [1.54, 1.807) is 0 Å². The van der Waals surface area contributed by atoms with Gasteiger partial charge in [0.15, 0.2) is 5.76 Å². The third-order valence-electron chi connectivity index (χ3n) is 7.36. The lowest BCUT2D eigenvalue weighted by Crippen LogP contribution is -2.51. The molecule has 1 aromatic heterocycles. The van der Waals surface area contributed by atoms with Gasteiger partial charge in [0.1, 0.15) is 0 Å². The summed E-state index contributed by atoms with van der Waals surface area (Å²) < 4.78 is 5.46. The fourth-order valence-corrected chi connectivity index (χ4v) is 5.99. The number of nitrogens with one attached hydrogen (secondary N) is 1. The summed E-state index contributed by atoms with van der Waals surface area (Å²) in [6, 6.07) is 11.6. The Hall–Kier alpha value is -2.14. The molecule has 2 bridgehead atoms. The van der Waals surface area contributed by atoms with Gasteiger partial charge >= 0.3 is 0 Å². The highest BCUT2D eigenvalue weighted by Crippen LogP contribution is 2.52. The minimum absolute atomic E-state index is 0.234. The van der Waals surface area contributed by atoms with Gasteiger partial charge in [-0.3, -0.25) is 9.69 Å². The molecule has 0 saturated carbocycles. The Balaban J connectivity index is 1.31. The summed E-state index contributed by atoms with van der Waals surface area (Å²) in [5.74, 6) is 1.17. The third-order valence-corrected chi connectivity index (χ3v) is 7.36. The summed E-state index contributed by atoms with van der Waals surface area (Å²) in [7, 11) is 0. The van der Waals surface area contributed by atoms with Crippen molar-refractivity contribution in [2.45, 2.75) is 77.0 Å². The van der Waals surface area contributed by atoms with Crippen molar-refractivity contribution in [3.63, 3.8) is 0 Å². The fourth-order valence-electron chi connectivity index (χ4n) is 5.99. The van der Waals surface area contributed by atoms with Gasteiger partial charge in [-0.25, -0.2) is 0 Å². The topological polar surface area (TPSA) is 58.4 Å².